The Hall–Kier alpha value is -3.44. The van der Waals surface area contributed by atoms with Gasteiger partial charge in [-0.1, -0.05) is 101 Å². The molecule has 4 aromatic rings. The summed E-state index contributed by atoms with van der Waals surface area (Å²) in [5.41, 5.74) is 6.16. The van der Waals surface area contributed by atoms with Crippen LogP contribution in [0.2, 0.25) is 0 Å². The van der Waals surface area contributed by atoms with Gasteiger partial charge in [0, 0.05) is 55.2 Å². The monoisotopic (exact) mass is 504 g/mol. The maximum Gasteiger partial charge on any atom is 0.0450 e. The summed E-state index contributed by atoms with van der Waals surface area (Å²) in [5.74, 6) is 2.83. The standard InChI is InChI=1S/C36H44N2/c1-6-9-11-15-25-37(4)33-23-20-29-17-13-14-18-31(29)35(33)36-32-22-19-28(8-3)27-30(32)21-24-34(36)38(5)26-16-12-10-7-2/h3,13-14,17-24,27H,6-7,9-12,15-16,25-26H2,1-2,4-5H3. The minimum Gasteiger partial charge on any atom is -0.374 e. The maximum atomic E-state index is 5.79. The van der Waals surface area contributed by atoms with Crippen LogP contribution in [0.4, 0.5) is 11.4 Å². The molecule has 0 amide bonds. The van der Waals surface area contributed by atoms with E-state index in [9.17, 15) is 0 Å². The van der Waals surface area contributed by atoms with Crippen LogP contribution in [-0.2, 0) is 0 Å². The zero-order valence-electron chi connectivity index (χ0n) is 23.9. The third-order valence-corrected chi connectivity index (χ3v) is 7.84. The molecule has 0 unspecified atom stereocenters. The topological polar surface area (TPSA) is 6.48 Å². The number of terminal acetylenes is 1. The van der Waals surface area contributed by atoms with Gasteiger partial charge in [-0.15, -0.1) is 6.42 Å². The molecule has 0 aliphatic carbocycles. The first-order chi connectivity index (χ1) is 18.6. The molecule has 0 heterocycles. The van der Waals surface area contributed by atoms with Gasteiger partial charge in [0.25, 0.3) is 0 Å². The first-order valence-corrected chi connectivity index (χ1v) is 14.6. The second-order valence-electron chi connectivity index (χ2n) is 10.7. The van der Waals surface area contributed by atoms with Gasteiger partial charge in [-0.05, 0) is 58.7 Å². The number of benzene rings is 4. The number of nitrogens with zero attached hydrogens (tertiary/aromatic N) is 2. The highest BCUT2D eigenvalue weighted by Gasteiger charge is 2.21. The zero-order valence-corrected chi connectivity index (χ0v) is 23.9. The Morgan fingerprint density at radius 3 is 1.74 bits per heavy atom. The van der Waals surface area contributed by atoms with E-state index in [1.807, 2.05) is 0 Å². The van der Waals surface area contributed by atoms with Gasteiger partial charge in [-0.25, -0.2) is 0 Å². The summed E-state index contributed by atoms with van der Waals surface area (Å²) in [5, 5.41) is 5.04. The average molecular weight is 505 g/mol. The van der Waals surface area contributed by atoms with Gasteiger partial charge < -0.3 is 9.80 Å². The third kappa shape index (κ3) is 6.16. The molecule has 0 atom stereocenters. The minimum atomic E-state index is 0.926. The van der Waals surface area contributed by atoms with Crippen molar-refractivity contribution in [1.82, 2.24) is 0 Å². The fraction of sp³-hybridized carbons (Fsp3) is 0.389. The summed E-state index contributed by atoms with van der Waals surface area (Å²) in [6, 6.07) is 24.5. The molecule has 198 valence electrons. The Balaban J connectivity index is 1.92. The lowest BCUT2D eigenvalue weighted by Crippen LogP contribution is -2.21. The predicted octanol–water partition coefficient (Wildman–Crippen LogP) is 9.67. The SMILES string of the molecule is C#Cc1ccc2c(-c3c(N(C)CCCCCC)ccc4ccccc34)c(N(C)CCCCCC)ccc2c1. The van der Waals surface area contributed by atoms with Gasteiger partial charge in [0.05, 0.1) is 0 Å². The van der Waals surface area contributed by atoms with Gasteiger partial charge in [-0.2, -0.15) is 0 Å². The number of rotatable bonds is 13. The lowest BCUT2D eigenvalue weighted by atomic mass is 9.89. The Morgan fingerprint density at radius 2 is 1.16 bits per heavy atom. The van der Waals surface area contributed by atoms with E-state index in [4.69, 9.17) is 6.42 Å². The van der Waals surface area contributed by atoms with Crippen molar-refractivity contribution in [1.29, 1.82) is 0 Å². The lowest BCUT2D eigenvalue weighted by molar-refractivity contribution is 0.661. The molecule has 0 radical (unpaired) electrons. The Kier molecular flexibility index (Phi) is 9.72. The van der Waals surface area contributed by atoms with Crippen molar-refractivity contribution in [3.63, 3.8) is 0 Å². The van der Waals surface area contributed by atoms with Crippen molar-refractivity contribution < 1.29 is 0 Å². The Labute approximate surface area is 230 Å². The molecule has 0 aliphatic heterocycles. The van der Waals surface area contributed by atoms with Crippen molar-refractivity contribution in [2.45, 2.75) is 65.2 Å². The van der Waals surface area contributed by atoms with Crippen LogP contribution in [0.15, 0.2) is 66.7 Å². The molecule has 0 fully saturated rings. The highest BCUT2D eigenvalue weighted by Crippen LogP contribution is 2.45. The van der Waals surface area contributed by atoms with Crippen LogP contribution >= 0.6 is 0 Å². The molecule has 0 saturated carbocycles. The van der Waals surface area contributed by atoms with E-state index in [0.717, 1.165) is 18.7 Å². The maximum absolute atomic E-state index is 5.79. The van der Waals surface area contributed by atoms with Crippen molar-refractivity contribution in [2.75, 3.05) is 37.0 Å². The summed E-state index contributed by atoms with van der Waals surface area (Å²) in [4.78, 5) is 4.93. The number of fused-ring (bicyclic) bond motifs is 2. The van der Waals surface area contributed by atoms with Crippen LogP contribution in [0.25, 0.3) is 32.7 Å². The summed E-state index contributed by atoms with van der Waals surface area (Å²) >= 11 is 0. The first kappa shape index (κ1) is 27.6. The summed E-state index contributed by atoms with van der Waals surface area (Å²) in [7, 11) is 4.51. The molecule has 4 rings (SSSR count). The van der Waals surface area contributed by atoms with Crippen molar-refractivity contribution >= 4 is 32.9 Å². The molecular weight excluding hydrogens is 460 g/mol. The third-order valence-electron chi connectivity index (χ3n) is 7.84. The second kappa shape index (κ2) is 13.4. The number of anilines is 2. The van der Waals surface area contributed by atoms with E-state index in [-0.39, 0.29) is 0 Å². The van der Waals surface area contributed by atoms with Crippen LogP contribution in [0, 0.1) is 12.3 Å². The molecule has 0 N–H and O–H groups in total. The van der Waals surface area contributed by atoms with Crippen molar-refractivity contribution in [3.8, 4) is 23.5 Å². The van der Waals surface area contributed by atoms with E-state index in [2.05, 4.69) is 110 Å². The van der Waals surface area contributed by atoms with Crippen molar-refractivity contribution in [3.05, 3.63) is 72.3 Å². The molecule has 0 saturated heterocycles. The molecular formula is C36H44N2. The molecule has 0 aromatic heterocycles. The van der Waals surface area contributed by atoms with Crippen LogP contribution in [0.1, 0.15) is 70.8 Å². The fourth-order valence-electron chi connectivity index (χ4n) is 5.62. The first-order valence-electron chi connectivity index (χ1n) is 14.6. The van der Waals surface area contributed by atoms with Gasteiger partial charge in [0.1, 0.15) is 0 Å². The van der Waals surface area contributed by atoms with Gasteiger partial charge in [0.2, 0.25) is 0 Å². The van der Waals surface area contributed by atoms with E-state index in [1.54, 1.807) is 0 Å². The number of unbranched alkanes of at least 4 members (excludes halogenated alkanes) is 6. The lowest BCUT2D eigenvalue weighted by Gasteiger charge is -2.29. The predicted molar refractivity (Wildman–Crippen MR) is 170 cm³/mol. The molecule has 2 heteroatoms. The van der Waals surface area contributed by atoms with E-state index < -0.39 is 0 Å². The Bertz CT molecular complexity index is 1390. The average Bonchev–Trinajstić information content (AvgIpc) is 2.95. The Morgan fingerprint density at radius 1 is 0.605 bits per heavy atom. The highest BCUT2D eigenvalue weighted by molar-refractivity contribution is 6.14. The molecule has 4 aromatic carbocycles. The zero-order chi connectivity index (χ0) is 26.9. The normalized spacial score (nSPS) is 11.1. The fourth-order valence-corrected chi connectivity index (χ4v) is 5.62. The summed E-state index contributed by atoms with van der Waals surface area (Å²) in [6.45, 7) is 6.65. The van der Waals surface area contributed by atoms with Gasteiger partial charge in [-0.3, -0.25) is 0 Å². The molecule has 38 heavy (non-hydrogen) atoms. The minimum absolute atomic E-state index is 0.926. The number of hydrogen-bond acceptors (Lipinski definition) is 2. The number of hydrogen-bond donors (Lipinski definition) is 0. The van der Waals surface area contributed by atoms with E-state index in [1.165, 1.54) is 95.4 Å². The van der Waals surface area contributed by atoms with Gasteiger partial charge in [0.15, 0.2) is 0 Å². The quantitative estimate of drug-likeness (QED) is 0.132. The van der Waals surface area contributed by atoms with Crippen molar-refractivity contribution in [2.24, 2.45) is 0 Å². The smallest absolute Gasteiger partial charge is 0.0450 e. The second-order valence-corrected chi connectivity index (χ2v) is 10.7. The molecule has 0 bridgehead atoms. The molecule has 2 nitrogen and oxygen atoms in total. The van der Waals surface area contributed by atoms with Crippen LogP contribution in [0.3, 0.4) is 0 Å². The van der Waals surface area contributed by atoms with E-state index >= 15 is 0 Å². The molecule has 0 aliphatic rings. The summed E-state index contributed by atoms with van der Waals surface area (Å²) < 4.78 is 0. The van der Waals surface area contributed by atoms with Crippen LogP contribution in [0.5, 0.6) is 0 Å². The van der Waals surface area contributed by atoms with Gasteiger partial charge >= 0.3 is 0 Å². The highest BCUT2D eigenvalue weighted by atomic mass is 15.1. The molecule has 0 spiro atoms. The van der Waals surface area contributed by atoms with E-state index in [0.29, 0.717) is 0 Å². The summed E-state index contributed by atoms with van der Waals surface area (Å²) in [6.07, 6.45) is 15.9. The largest absolute Gasteiger partial charge is 0.374 e. The van der Waals surface area contributed by atoms with Crippen LogP contribution in [-0.4, -0.2) is 27.2 Å². The van der Waals surface area contributed by atoms with Crippen LogP contribution < -0.4 is 9.80 Å².